The molecule has 0 bridgehead atoms. The van der Waals surface area contributed by atoms with Gasteiger partial charge in [-0.15, -0.1) is 0 Å². The van der Waals surface area contributed by atoms with Crippen LogP contribution in [0.15, 0.2) is 42.5 Å². The Bertz CT molecular complexity index is 982. The molecule has 2 aromatic carbocycles. The van der Waals surface area contributed by atoms with Gasteiger partial charge in [-0.3, -0.25) is 14.3 Å². The fourth-order valence-corrected chi connectivity index (χ4v) is 6.64. The van der Waals surface area contributed by atoms with Gasteiger partial charge in [0.25, 0.3) is 0 Å². The second kappa shape index (κ2) is 9.85. The normalized spacial score (nSPS) is 24.3. The molecule has 8 heteroatoms. The Labute approximate surface area is 188 Å². The second-order valence-electron chi connectivity index (χ2n) is 8.39. The molecule has 2 aromatic rings. The van der Waals surface area contributed by atoms with Crippen LogP contribution in [-0.4, -0.2) is 51.8 Å². The third kappa shape index (κ3) is 5.21. The molecule has 0 radical (unpaired) electrons. The molecule has 3 rings (SSSR count). The number of carboxylic acids is 1. The van der Waals surface area contributed by atoms with E-state index < -0.39 is 18.5 Å². The van der Waals surface area contributed by atoms with Crippen LogP contribution in [0, 0.1) is 6.92 Å². The van der Waals surface area contributed by atoms with Crippen LogP contribution in [-0.2, 0) is 15.9 Å². The average molecular weight is 465 g/mol. The topological polar surface area (TPSA) is 104 Å². The highest BCUT2D eigenvalue weighted by Gasteiger charge is 2.56. The lowest BCUT2D eigenvalue weighted by Gasteiger charge is -2.43. The minimum Gasteiger partial charge on any atom is -0.480 e. The molecule has 0 saturated carbocycles. The summed E-state index contributed by atoms with van der Waals surface area (Å²) in [5, 5.41) is 8.96. The fourth-order valence-electron chi connectivity index (χ4n) is 4.25. The largest absolute Gasteiger partial charge is 0.480 e. The van der Waals surface area contributed by atoms with E-state index in [1.54, 1.807) is 0 Å². The summed E-state index contributed by atoms with van der Waals surface area (Å²) in [6, 6.07) is 13.8. The van der Waals surface area contributed by atoms with Crippen molar-refractivity contribution in [2.24, 2.45) is 5.73 Å². The summed E-state index contributed by atoms with van der Waals surface area (Å²) in [6.07, 6.45) is 1.26. The molecule has 1 aliphatic rings. The second-order valence-corrected chi connectivity index (χ2v) is 11.5. The predicted octanol–water partition coefficient (Wildman–Crippen LogP) is 4.35. The van der Waals surface area contributed by atoms with Gasteiger partial charge in [-0.2, -0.15) is 0 Å². The number of benzene rings is 2. The number of hydrogen-bond donors (Lipinski definition) is 3. The molecule has 2 atom stereocenters. The number of aryl methyl sites for hydroxylation is 1. The number of carbonyl (C=O) groups is 1. The van der Waals surface area contributed by atoms with Crippen LogP contribution < -0.4 is 5.73 Å². The smallest absolute Gasteiger partial charge is 0.320 e. The van der Waals surface area contributed by atoms with Gasteiger partial charge in [-0.1, -0.05) is 53.9 Å². The van der Waals surface area contributed by atoms with Crippen LogP contribution >= 0.6 is 19.0 Å². The van der Waals surface area contributed by atoms with Crippen LogP contribution in [0.2, 0.25) is 5.02 Å². The van der Waals surface area contributed by atoms with Crippen molar-refractivity contribution in [3.8, 4) is 11.1 Å². The lowest BCUT2D eigenvalue weighted by Crippen LogP contribution is -2.53. The zero-order valence-corrected chi connectivity index (χ0v) is 19.4. The summed E-state index contributed by atoms with van der Waals surface area (Å²) >= 11 is 6.26. The molecule has 4 N–H and O–H groups in total. The van der Waals surface area contributed by atoms with Crippen molar-refractivity contribution in [3.63, 3.8) is 0 Å². The van der Waals surface area contributed by atoms with Crippen molar-refractivity contribution >= 4 is 24.9 Å². The molecular weight excluding hydrogens is 435 g/mol. The lowest BCUT2D eigenvalue weighted by molar-refractivity contribution is -0.141. The maximum absolute atomic E-state index is 13.0. The molecule has 31 heavy (non-hydrogen) atoms. The summed E-state index contributed by atoms with van der Waals surface area (Å²) < 4.78 is 13.0. The van der Waals surface area contributed by atoms with Crippen LogP contribution in [0.25, 0.3) is 11.1 Å². The average Bonchev–Trinajstić information content (AvgIpc) is 2.72. The van der Waals surface area contributed by atoms with Crippen LogP contribution in [0.3, 0.4) is 0 Å². The first-order valence-electron chi connectivity index (χ1n) is 10.5. The van der Waals surface area contributed by atoms with Gasteiger partial charge >= 0.3 is 5.97 Å². The molecule has 0 aliphatic carbocycles. The number of halogens is 1. The number of aliphatic carboxylic acids is 1. The van der Waals surface area contributed by atoms with Crippen molar-refractivity contribution in [3.05, 3.63) is 58.6 Å². The fraction of sp³-hybridized carbons (Fsp3) is 0.435. The molecule has 0 amide bonds. The molecule has 0 aromatic heterocycles. The van der Waals surface area contributed by atoms with Crippen molar-refractivity contribution in [2.75, 3.05) is 25.8 Å². The van der Waals surface area contributed by atoms with Gasteiger partial charge in [-0.25, -0.2) is 0 Å². The minimum absolute atomic E-state index is 0.0324. The number of nitrogens with zero attached hydrogens (tertiary/aromatic N) is 1. The van der Waals surface area contributed by atoms with Crippen LogP contribution in [0.1, 0.15) is 30.4 Å². The highest BCUT2D eigenvalue weighted by Crippen LogP contribution is 2.59. The first-order valence-corrected chi connectivity index (χ1v) is 12.7. The number of rotatable bonds is 8. The minimum atomic E-state index is -3.85. The number of unbranched alkanes of at least 4 members (excludes halogenated alkanes) is 1. The van der Waals surface area contributed by atoms with Crippen molar-refractivity contribution < 1.29 is 19.4 Å². The zero-order valence-electron chi connectivity index (χ0n) is 17.8. The third-order valence-electron chi connectivity index (χ3n) is 6.14. The van der Waals surface area contributed by atoms with E-state index in [9.17, 15) is 19.4 Å². The monoisotopic (exact) mass is 464 g/mol. The standard InChI is InChI=1S/C23H30ClN2O4P/c1-17-4-6-18(7-5-17)21-14-20(24)9-8-19(21)15-26-12-13-31(29,30)23(16-26,22(27)28)10-2-3-11-25/h4-9,14H,2-3,10-13,15-16,25H2,1H3,(H,27,28)(H,29,30)/t23-/m0/s1. The van der Waals surface area contributed by atoms with E-state index in [4.69, 9.17) is 17.3 Å². The van der Waals surface area contributed by atoms with Gasteiger partial charge in [0.05, 0.1) is 0 Å². The predicted molar refractivity (Wildman–Crippen MR) is 125 cm³/mol. The Morgan fingerprint density at radius 2 is 1.94 bits per heavy atom. The Kier molecular flexibility index (Phi) is 7.61. The van der Waals surface area contributed by atoms with Gasteiger partial charge in [0.1, 0.15) is 0 Å². The number of hydrogen-bond acceptors (Lipinski definition) is 4. The van der Waals surface area contributed by atoms with Gasteiger partial charge in [0, 0.05) is 30.8 Å². The van der Waals surface area contributed by atoms with Gasteiger partial charge in [0.15, 0.2) is 5.16 Å². The lowest BCUT2D eigenvalue weighted by atomic mass is 9.96. The molecule has 1 aliphatic heterocycles. The first-order chi connectivity index (χ1) is 14.7. The van der Waals surface area contributed by atoms with E-state index in [0.717, 1.165) is 22.3 Å². The summed E-state index contributed by atoms with van der Waals surface area (Å²) in [6.45, 7) is 3.35. The van der Waals surface area contributed by atoms with E-state index >= 15 is 0 Å². The molecule has 168 valence electrons. The Hall–Kier alpha value is -1.69. The molecule has 1 saturated heterocycles. The SMILES string of the molecule is Cc1ccc(-c2cc(Cl)ccc2CN2CCP(=O)(O)[C@](CCCCN)(C(=O)O)C2)cc1. The van der Waals surface area contributed by atoms with E-state index in [-0.39, 0.29) is 19.1 Å². The third-order valence-corrected chi connectivity index (χ3v) is 9.08. The van der Waals surface area contributed by atoms with Crippen LogP contribution in [0.4, 0.5) is 0 Å². The van der Waals surface area contributed by atoms with Crippen molar-refractivity contribution in [2.45, 2.75) is 37.9 Å². The molecule has 1 heterocycles. The Morgan fingerprint density at radius 3 is 2.58 bits per heavy atom. The molecular formula is C23H30ClN2O4P. The molecule has 1 unspecified atom stereocenters. The van der Waals surface area contributed by atoms with Gasteiger partial charge in [0.2, 0.25) is 7.37 Å². The quantitative estimate of drug-likeness (QED) is 0.396. The van der Waals surface area contributed by atoms with Gasteiger partial charge in [-0.05, 0) is 55.1 Å². The van der Waals surface area contributed by atoms with Crippen LogP contribution in [0.5, 0.6) is 0 Å². The Morgan fingerprint density at radius 1 is 1.23 bits per heavy atom. The molecule has 1 fully saturated rings. The first kappa shape index (κ1) is 24.0. The van der Waals surface area contributed by atoms with E-state index in [0.29, 0.717) is 37.5 Å². The molecule has 6 nitrogen and oxygen atoms in total. The van der Waals surface area contributed by atoms with E-state index in [1.807, 2.05) is 54.3 Å². The molecule has 0 spiro atoms. The summed E-state index contributed by atoms with van der Waals surface area (Å²) in [5.41, 5.74) is 9.72. The Balaban J connectivity index is 1.90. The maximum atomic E-state index is 13.0. The van der Waals surface area contributed by atoms with E-state index in [1.165, 1.54) is 0 Å². The summed E-state index contributed by atoms with van der Waals surface area (Å²) in [4.78, 5) is 24.9. The van der Waals surface area contributed by atoms with Gasteiger partial charge < -0.3 is 15.7 Å². The summed E-state index contributed by atoms with van der Waals surface area (Å²) in [7, 11) is -3.85. The highest BCUT2D eigenvalue weighted by molar-refractivity contribution is 7.61. The van der Waals surface area contributed by atoms with Crippen molar-refractivity contribution in [1.82, 2.24) is 4.90 Å². The highest BCUT2D eigenvalue weighted by atomic mass is 35.5. The number of carboxylic acid groups (broad SMARTS) is 1. The van der Waals surface area contributed by atoms with Crippen molar-refractivity contribution in [1.29, 1.82) is 0 Å². The number of nitrogens with two attached hydrogens (primary N) is 1. The maximum Gasteiger partial charge on any atom is 0.320 e. The zero-order chi connectivity index (χ0) is 22.6. The van der Waals surface area contributed by atoms with E-state index in [2.05, 4.69) is 0 Å². The summed E-state index contributed by atoms with van der Waals surface area (Å²) in [5.74, 6) is -1.20.